The lowest BCUT2D eigenvalue weighted by molar-refractivity contribution is 0.569. The molecule has 3 heteroatoms. The predicted octanol–water partition coefficient (Wildman–Crippen LogP) is 3.98. The van der Waals surface area contributed by atoms with Crippen LogP contribution < -0.4 is 0 Å². The summed E-state index contributed by atoms with van der Waals surface area (Å²) in [5, 5.41) is 0. The summed E-state index contributed by atoms with van der Waals surface area (Å²) < 4.78 is 26.8. The molecular formula is C14H11F2N. The fourth-order valence-corrected chi connectivity index (χ4v) is 1.49. The molecule has 0 radical (unpaired) electrons. The van der Waals surface area contributed by atoms with E-state index in [1.165, 1.54) is 19.1 Å². The van der Waals surface area contributed by atoms with Crippen molar-refractivity contribution >= 4 is 6.08 Å². The van der Waals surface area contributed by atoms with E-state index in [0.29, 0.717) is 11.3 Å². The van der Waals surface area contributed by atoms with Crippen LogP contribution in [0.3, 0.4) is 0 Å². The van der Waals surface area contributed by atoms with Gasteiger partial charge in [-0.05, 0) is 30.7 Å². The minimum absolute atomic E-state index is 0.0245. The SMILES string of the molecule is C=Cc1ccc(-c2cc(F)c(C)c(F)c2)nc1. The van der Waals surface area contributed by atoms with Gasteiger partial charge in [-0.1, -0.05) is 18.7 Å². The maximum Gasteiger partial charge on any atom is 0.129 e. The van der Waals surface area contributed by atoms with Crippen LogP contribution >= 0.6 is 0 Å². The minimum Gasteiger partial charge on any atom is -0.256 e. The lowest BCUT2D eigenvalue weighted by atomic mass is 10.1. The number of nitrogens with zero attached hydrogens (tertiary/aromatic N) is 1. The van der Waals surface area contributed by atoms with Crippen LogP contribution in [0, 0.1) is 18.6 Å². The number of hydrogen-bond donors (Lipinski definition) is 0. The molecule has 1 nitrogen and oxygen atoms in total. The Morgan fingerprint density at radius 2 is 1.82 bits per heavy atom. The third-order valence-electron chi connectivity index (χ3n) is 2.60. The third kappa shape index (κ3) is 2.23. The molecule has 0 bridgehead atoms. The quantitative estimate of drug-likeness (QED) is 0.761. The Bertz CT molecular complexity index is 536. The largest absolute Gasteiger partial charge is 0.256 e. The smallest absolute Gasteiger partial charge is 0.129 e. The highest BCUT2D eigenvalue weighted by atomic mass is 19.1. The number of hydrogen-bond acceptors (Lipinski definition) is 1. The highest BCUT2D eigenvalue weighted by Crippen LogP contribution is 2.22. The normalized spacial score (nSPS) is 10.3. The zero-order valence-electron chi connectivity index (χ0n) is 9.37. The molecular weight excluding hydrogens is 220 g/mol. The molecule has 0 saturated carbocycles. The van der Waals surface area contributed by atoms with Gasteiger partial charge in [0.1, 0.15) is 11.6 Å². The maximum absolute atomic E-state index is 13.4. The van der Waals surface area contributed by atoms with Crippen molar-refractivity contribution in [3.8, 4) is 11.3 Å². The predicted molar refractivity (Wildman–Crippen MR) is 64.4 cm³/mol. The van der Waals surface area contributed by atoms with Gasteiger partial charge in [0, 0.05) is 17.3 Å². The van der Waals surface area contributed by atoms with Gasteiger partial charge in [-0.25, -0.2) is 8.78 Å². The van der Waals surface area contributed by atoms with Crippen molar-refractivity contribution in [3.05, 3.63) is 59.8 Å². The van der Waals surface area contributed by atoms with Crippen molar-refractivity contribution in [2.75, 3.05) is 0 Å². The molecule has 0 aliphatic heterocycles. The molecule has 1 heterocycles. The Kier molecular flexibility index (Phi) is 3.00. The molecule has 1 aromatic heterocycles. The van der Waals surface area contributed by atoms with Gasteiger partial charge in [0.25, 0.3) is 0 Å². The van der Waals surface area contributed by atoms with Crippen molar-refractivity contribution in [1.29, 1.82) is 0 Å². The van der Waals surface area contributed by atoms with Crippen molar-refractivity contribution < 1.29 is 8.78 Å². The fraction of sp³-hybridized carbons (Fsp3) is 0.0714. The number of benzene rings is 1. The van der Waals surface area contributed by atoms with Gasteiger partial charge in [-0.3, -0.25) is 4.98 Å². The van der Waals surface area contributed by atoms with Crippen LogP contribution in [0.2, 0.25) is 0 Å². The van der Waals surface area contributed by atoms with Gasteiger partial charge < -0.3 is 0 Å². The van der Waals surface area contributed by atoms with Gasteiger partial charge >= 0.3 is 0 Å². The Balaban J connectivity index is 2.49. The van der Waals surface area contributed by atoms with Crippen LogP contribution in [-0.4, -0.2) is 4.98 Å². The molecule has 2 rings (SSSR count). The molecule has 1 aromatic carbocycles. The lowest BCUT2D eigenvalue weighted by Crippen LogP contribution is -1.92. The maximum atomic E-state index is 13.4. The van der Waals surface area contributed by atoms with Gasteiger partial charge in [0.2, 0.25) is 0 Å². The van der Waals surface area contributed by atoms with E-state index in [0.717, 1.165) is 5.56 Å². The summed E-state index contributed by atoms with van der Waals surface area (Å²) in [6.07, 6.45) is 3.27. The van der Waals surface area contributed by atoms with Crippen LogP contribution in [-0.2, 0) is 0 Å². The van der Waals surface area contributed by atoms with E-state index in [1.807, 2.05) is 0 Å². The highest BCUT2D eigenvalue weighted by molar-refractivity contribution is 5.61. The van der Waals surface area contributed by atoms with Crippen LogP contribution in [0.1, 0.15) is 11.1 Å². The number of aromatic nitrogens is 1. The van der Waals surface area contributed by atoms with Crippen molar-refractivity contribution in [1.82, 2.24) is 4.98 Å². The Labute approximate surface area is 98.4 Å². The molecule has 0 amide bonds. The third-order valence-corrected chi connectivity index (χ3v) is 2.60. The minimum atomic E-state index is -0.561. The first-order valence-corrected chi connectivity index (χ1v) is 5.16. The Morgan fingerprint density at radius 3 is 2.29 bits per heavy atom. The van der Waals surface area contributed by atoms with Crippen LogP contribution in [0.25, 0.3) is 17.3 Å². The first-order chi connectivity index (χ1) is 8.11. The molecule has 86 valence electrons. The summed E-state index contributed by atoms with van der Waals surface area (Å²) in [5.74, 6) is -1.12. The van der Waals surface area contributed by atoms with Crippen LogP contribution in [0.15, 0.2) is 37.0 Å². The molecule has 0 aliphatic rings. The molecule has 0 saturated heterocycles. The first kappa shape index (κ1) is 11.5. The molecule has 17 heavy (non-hydrogen) atoms. The summed E-state index contributed by atoms with van der Waals surface area (Å²) in [6.45, 7) is 5.02. The van der Waals surface area contributed by atoms with E-state index in [9.17, 15) is 8.78 Å². The molecule has 0 unspecified atom stereocenters. The van der Waals surface area contributed by atoms with Crippen molar-refractivity contribution in [3.63, 3.8) is 0 Å². The van der Waals surface area contributed by atoms with Crippen LogP contribution in [0.5, 0.6) is 0 Å². The highest BCUT2D eigenvalue weighted by Gasteiger charge is 2.08. The fourth-order valence-electron chi connectivity index (χ4n) is 1.49. The molecule has 0 fully saturated rings. The molecule has 0 atom stereocenters. The van der Waals surface area contributed by atoms with E-state index >= 15 is 0 Å². The zero-order chi connectivity index (χ0) is 12.4. The Hall–Kier alpha value is -2.03. The summed E-state index contributed by atoms with van der Waals surface area (Å²) in [4.78, 5) is 4.13. The number of rotatable bonds is 2. The second-order valence-electron chi connectivity index (χ2n) is 3.75. The second kappa shape index (κ2) is 4.45. The van der Waals surface area contributed by atoms with Crippen molar-refractivity contribution in [2.45, 2.75) is 6.92 Å². The topological polar surface area (TPSA) is 12.9 Å². The molecule has 0 N–H and O–H groups in total. The standard InChI is InChI=1S/C14H11F2N/c1-3-10-4-5-14(17-8-10)11-6-12(15)9(2)13(16)7-11/h3-8H,1H2,2H3. The number of pyridine rings is 1. The van der Waals surface area contributed by atoms with Crippen LogP contribution in [0.4, 0.5) is 8.78 Å². The van der Waals surface area contributed by atoms with E-state index in [-0.39, 0.29) is 5.56 Å². The summed E-state index contributed by atoms with van der Waals surface area (Å²) >= 11 is 0. The Morgan fingerprint density at radius 1 is 1.18 bits per heavy atom. The second-order valence-corrected chi connectivity index (χ2v) is 3.75. The van der Waals surface area contributed by atoms with Gasteiger partial charge in [-0.15, -0.1) is 0 Å². The van der Waals surface area contributed by atoms with E-state index in [2.05, 4.69) is 11.6 Å². The van der Waals surface area contributed by atoms with E-state index < -0.39 is 11.6 Å². The van der Waals surface area contributed by atoms with Gasteiger partial charge in [-0.2, -0.15) is 0 Å². The first-order valence-electron chi connectivity index (χ1n) is 5.16. The van der Waals surface area contributed by atoms with E-state index in [4.69, 9.17) is 0 Å². The summed E-state index contributed by atoms with van der Waals surface area (Å²) in [5.41, 5.74) is 1.85. The monoisotopic (exact) mass is 231 g/mol. The average molecular weight is 231 g/mol. The molecule has 2 aromatic rings. The van der Waals surface area contributed by atoms with Gasteiger partial charge in [0.15, 0.2) is 0 Å². The average Bonchev–Trinajstić information content (AvgIpc) is 2.35. The lowest BCUT2D eigenvalue weighted by Gasteiger charge is -2.04. The summed E-state index contributed by atoms with van der Waals surface area (Å²) in [7, 11) is 0. The number of halogens is 2. The zero-order valence-corrected chi connectivity index (χ0v) is 9.37. The van der Waals surface area contributed by atoms with Gasteiger partial charge in [0.05, 0.1) is 5.69 Å². The van der Waals surface area contributed by atoms with Crippen molar-refractivity contribution in [2.24, 2.45) is 0 Å². The summed E-state index contributed by atoms with van der Waals surface area (Å²) in [6, 6.07) is 6.08. The van der Waals surface area contributed by atoms with E-state index in [1.54, 1.807) is 24.4 Å². The molecule has 0 aliphatic carbocycles. The molecule has 0 spiro atoms.